The van der Waals surface area contributed by atoms with Gasteiger partial charge in [0.15, 0.2) is 75.5 Å². The minimum atomic E-state index is -2.66. The van der Waals surface area contributed by atoms with Crippen LogP contribution in [0, 0.1) is 0 Å². The van der Waals surface area contributed by atoms with E-state index >= 15 is 0 Å². The highest BCUT2D eigenvalue weighted by atomic mass is 16.8. The fourth-order valence-corrected chi connectivity index (χ4v) is 19.6. The predicted octanol–water partition coefficient (Wildman–Crippen LogP) is -25.3. The second-order valence-electron chi connectivity index (χ2n) is 38.1. The molecule has 150 heavy (non-hydrogen) atoms. The fraction of sp³-hybridized carbons (Fsp3) is 0.929. The number of nitrogens with one attached hydrogen (secondary N) is 6. The molecule has 12 saturated heterocycles. The first-order chi connectivity index (χ1) is 70.9. The van der Waals surface area contributed by atoms with Crippen LogP contribution in [0.15, 0.2) is 0 Å². The van der Waals surface area contributed by atoms with E-state index < -0.39 is 476 Å². The van der Waals surface area contributed by atoms with Crippen LogP contribution in [0.5, 0.6) is 0 Å². The summed E-state index contributed by atoms with van der Waals surface area (Å²) in [5, 5.41) is 365. The molecule has 6 amide bonds. The zero-order valence-corrected chi connectivity index (χ0v) is 81.1. The lowest BCUT2D eigenvalue weighted by Crippen LogP contribution is -2.72. The molecule has 12 aliphatic rings. The van der Waals surface area contributed by atoms with E-state index in [9.17, 15) is 187 Å². The van der Waals surface area contributed by atoms with E-state index in [1.807, 2.05) is 0 Å². The van der Waals surface area contributed by atoms with Gasteiger partial charge in [0, 0.05) is 41.5 Å². The molecule has 12 fully saturated rings. The molecular formula is C84H140N6O60. The van der Waals surface area contributed by atoms with Crippen molar-refractivity contribution in [1.82, 2.24) is 31.9 Å². The van der Waals surface area contributed by atoms with Crippen LogP contribution >= 0.6 is 0 Å². The number of hydrogen-bond donors (Lipinski definition) is 37. The van der Waals surface area contributed by atoms with Crippen LogP contribution < -0.4 is 31.9 Å². The molecule has 12 heterocycles. The van der Waals surface area contributed by atoms with E-state index in [0.717, 1.165) is 41.5 Å². The van der Waals surface area contributed by atoms with Gasteiger partial charge < -0.3 is 299 Å². The van der Waals surface area contributed by atoms with Crippen LogP contribution in [-0.4, -0.2) is 635 Å². The van der Waals surface area contributed by atoms with Gasteiger partial charge >= 0.3 is 0 Å². The number of aliphatic hydroxyl groups excluding tert-OH is 31. The lowest BCUT2D eigenvalue weighted by Gasteiger charge is -2.52. The van der Waals surface area contributed by atoms with E-state index in [-0.39, 0.29) is 0 Å². The van der Waals surface area contributed by atoms with Gasteiger partial charge in [0.25, 0.3) is 0 Å². The summed E-state index contributed by atoms with van der Waals surface area (Å²) in [7, 11) is 0. The minimum absolute atomic E-state index is 0.813. The Labute approximate surface area is 849 Å². The van der Waals surface area contributed by atoms with E-state index in [1.54, 1.807) is 0 Å². The molecular weight excluding hydrogens is 2050 g/mol. The van der Waals surface area contributed by atoms with Crippen molar-refractivity contribution in [3.8, 4) is 0 Å². The largest absolute Gasteiger partial charge is 0.394 e. The molecule has 866 valence electrons. The summed E-state index contributed by atoms with van der Waals surface area (Å²) in [4.78, 5) is 78.7. The molecule has 0 aromatic carbocycles. The third-order valence-corrected chi connectivity index (χ3v) is 27.4. The molecule has 0 aliphatic carbocycles. The smallest absolute Gasteiger partial charge is 0.217 e. The summed E-state index contributed by atoms with van der Waals surface area (Å²) >= 11 is 0. The van der Waals surface area contributed by atoms with Gasteiger partial charge in [-0.3, -0.25) is 28.8 Å². The van der Waals surface area contributed by atoms with E-state index in [2.05, 4.69) is 31.9 Å². The number of ether oxygens (including phenoxy) is 23. The maximum Gasteiger partial charge on any atom is 0.217 e. The molecule has 0 bridgehead atoms. The molecule has 37 N–H and O–H groups in total. The number of carbonyl (C=O) groups excluding carboxylic acids is 6. The van der Waals surface area contributed by atoms with Crippen LogP contribution in [0.2, 0.25) is 0 Å². The third kappa shape index (κ3) is 27.5. The second kappa shape index (κ2) is 54.0. The van der Waals surface area contributed by atoms with Crippen LogP contribution in [0.4, 0.5) is 0 Å². The lowest BCUT2D eigenvalue weighted by atomic mass is 9.93. The Morgan fingerprint density at radius 3 is 0.760 bits per heavy atom. The molecule has 0 aromatic heterocycles. The van der Waals surface area contributed by atoms with Crippen LogP contribution in [0.1, 0.15) is 48.5 Å². The molecule has 12 rings (SSSR count). The van der Waals surface area contributed by atoms with Crippen molar-refractivity contribution in [3.63, 3.8) is 0 Å². The van der Waals surface area contributed by atoms with Crippen LogP contribution in [0.25, 0.3) is 0 Å². The third-order valence-electron chi connectivity index (χ3n) is 27.4. The monoisotopic (exact) mass is 2190 g/mol. The molecule has 0 radical (unpaired) electrons. The Morgan fingerprint density at radius 1 is 0.187 bits per heavy atom. The number of hydrogen-bond acceptors (Lipinski definition) is 60. The summed E-state index contributed by atoms with van der Waals surface area (Å²) in [6, 6.07) is -11.8. The van der Waals surface area contributed by atoms with Crippen molar-refractivity contribution in [2.45, 2.75) is 417 Å². The lowest BCUT2D eigenvalue weighted by molar-refractivity contribution is -0.402. The van der Waals surface area contributed by atoms with E-state index in [1.165, 1.54) is 6.92 Å². The summed E-state index contributed by atoms with van der Waals surface area (Å²) < 4.78 is 139. The minimum Gasteiger partial charge on any atom is -0.394 e. The molecule has 60 atom stereocenters. The summed E-state index contributed by atoms with van der Waals surface area (Å²) in [5.41, 5.74) is 0. The summed E-state index contributed by atoms with van der Waals surface area (Å²) in [6.07, 6.45) is -115. The predicted molar refractivity (Wildman–Crippen MR) is 463 cm³/mol. The quantitative estimate of drug-likeness (QED) is 0.0272. The van der Waals surface area contributed by atoms with Crippen LogP contribution in [0.3, 0.4) is 0 Å². The van der Waals surface area contributed by atoms with Crippen molar-refractivity contribution < 1.29 is 296 Å². The van der Waals surface area contributed by atoms with Gasteiger partial charge in [-0.05, 0) is 6.92 Å². The maximum absolute atomic E-state index is 13.6. The first kappa shape index (κ1) is 123. The molecule has 0 aromatic rings. The van der Waals surface area contributed by atoms with Crippen molar-refractivity contribution in [3.05, 3.63) is 0 Å². The van der Waals surface area contributed by atoms with Gasteiger partial charge in [-0.15, -0.1) is 0 Å². The normalized spacial score (nSPS) is 48.8. The SMILES string of the molecule is CC(=O)N[C@H]1[C@H](OC[C@H]2O[C@@H](O[C@H]3[C@H](O)[C@@H](NC(C)=O)[C@H](O[C@H]4[C@H](O)[C@@H](NC(C)=O)[C@H](O[C@H]5[C@@H](O)[C@@H](CO[C@@H]6O[C@H](CO)[C@@H](O)[C@H](O)[C@H]6NC(C)=O)O[C@@H](O[C@H]6[C@H](O)[C@@H](O)[C@H](O)O[C@@H]6CO)[C@@H]5O)O[C@@H]4CO)O[C@@H]3CO)[C@H](O)[C@@H](O[C@@H]3O[C@H](CO)[C@@H](O[C@@H]4O[C@H](CO)[C@H](O)[C@H](O[C@H]5O[C@H](CO)[C@H](O)[C@H](O)[C@H]5NC(C)=O)[C@H]4O[C@@H]4O[C@@H](C)[C@@H](O)[C@@H](O)[C@@H]4O)[C@H](O)[C@H]3NC(C)=O)[C@H]2O)O[C@H](CO)[C@@H](O[C@@H]2O[C@H](CO)[C@H](O)[C@H](O)[C@H]2O)[C@@H]1O. The molecule has 12 aliphatic heterocycles. The molecule has 66 nitrogen and oxygen atoms in total. The standard InChI is InChI=1S/C84H140N6O60/c1-19-43(106)56(119)60(123)80(130-19)150-72-71(149-76-38(86-21(3)101)51(114)45(108)27(9-92)133-76)47(110)29(11-94)135-84(72)146-67-34(16-99)139-79(42(55(67)118)90-25(7)105)147-69-49(112)36(18-129-75-39(87-22(4)102)52(115)65(31(13-96)136-75)143-81-61(124)57(120)46(109)28(10-93)134-81)140-82(62(69)125)144-66-33(15-98)137-77(40(54(66)117)88-23(5)103)142-64-32(14-97)138-78(41(53(64)116)89-24(6)104)148-70-48(111)35(17-128-74-37(85-20(2)100)50(113)44(107)26(8-91)132-74)141-83(63(70)126)145-68-30(12-95)131-73(127)59(122)58(68)121/h19,26-84,91-99,106-127H,8-18H2,1-7H3,(H,85,100)(H,86,101)(H,87,102)(H,88,103)(H,89,104)(H,90,105)/t19-,26+,27+,28+,29+,30+,31+,32+,33+,34+,35+,36+,37+,38+,39+,40+,41+,42+,43+,44+,45-,46-,47-,48-,49-,50+,51+,52+,53+,54+,55+,56+,57-,58+,59+,60-,61+,62+,63+,64+,65+,66+,67+,68+,69-,70-,71-,72+,73+,74+,75+,76+,77-,78-,79-,80-,81-,82-,83-,84-/m0/s1. The average molecular weight is 2190 g/mol. The van der Waals surface area contributed by atoms with Gasteiger partial charge in [-0.1, -0.05) is 0 Å². The van der Waals surface area contributed by atoms with Crippen molar-refractivity contribution in [1.29, 1.82) is 0 Å². The Hall–Kier alpha value is -5.34. The fourth-order valence-electron chi connectivity index (χ4n) is 19.6. The Morgan fingerprint density at radius 2 is 0.407 bits per heavy atom. The number of amides is 6. The summed E-state index contributed by atoms with van der Waals surface area (Å²) in [6.45, 7) is -5.85. The first-order valence-corrected chi connectivity index (χ1v) is 48.0. The second-order valence-corrected chi connectivity index (χ2v) is 38.1. The highest BCUT2D eigenvalue weighted by Gasteiger charge is 2.64. The highest BCUT2D eigenvalue weighted by Crippen LogP contribution is 2.43. The van der Waals surface area contributed by atoms with Crippen molar-refractivity contribution >= 4 is 35.4 Å². The van der Waals surface area contributed by atoms with Gasteiger partial charge in [0.1, 0.15) is 287 Å². The van der Waals surface area contributed by atoms with Crippen molar-refractivity contribution in [2.75, 3.05) is 72.7 Å². The Balaban J connectivity index is 0.852. The zero-order chi connectivity index (χ0) is 110. The molecule has 0 spiro atoms. The highest BCUT2D eigenvalue weighted by molar-refractivity contribution is 5.75. The zero-order valence-electron chi connectivity index (χ0n) is 81.1. The van der Waals surface area contributed by atoms with Gasteiger partial charge in [-0.2, -0.15) is 0 Å². The number of carbonyl (C=O) groups is 6. The topological polar surface area (TPSA) is 1010 Å². The molecule has 0 unspecified atom stereocenters. The van der Waals surface area contributed by atoms with Gasteiger partial charge in [0.05, 0.1) is 78.8 Å². The Kier molecular flexibility index (Phi) is 44.4. The summed E-state index contributed by atoms with van der Waals surface area (Å²) in [5.74, 6) is -5.86. The molecule has 0 saturated carbocycles. The van der Waals surface area contributed by atoms with E-state index in [4.69, 9.17) is 109 Å². The van der Waals surface area contributed by atoms with Crippen molar-refractivity contribution in [2.24, 2.45) is 0 Å². The molecule has 66 heteroatoms. The maximum atomic E-state index is 13.6. The van der Waals surface area contributed by atoms with Crippen LogP contribution in [-0.2, 0) is 138 Å². The van der Waals surface area contributed by atoms with E-state index in [0.29, 0.717) is 0 Å². The van der Waals surface area contributed by atoms with Gasteiger partial charge in [-0.25, -0.2) is 0 Å². The number of aliphatic hydroxyl groups is 31. The van der Waals surface area contributed by atoms with Gasteiger partial charge in [0.2, 0.25) is 35.4 Å². The average Bonchev–Trinajstić information content (AvgIpc) is 0.751. The Bertz CT molecular complexity index is 4250. The number of rotatable bonds is 39. The first-order valence-electron chi connectivity index (χ1n) is 48.0.